The van der Waals surface area contributed by atoms with Gasteiger partial charge in [0, 0.05) is 41.3 Å². The number of carboxylic acid groups (broad SMARTS) is 1. The maximum absolute atomic E-state index is 13.1. The monoisotopic (exact) mass is 813 g/mol. The highest BCUT2D eigenvalue weighted by Crippen LogP contribution is 2.34. The van der Waals surface area contributed by atoms with E-state index in [0.717, 1.165) is 23.2 Å². The Hall–Kier alpha value is -5.65. The van der Waals surface area contributed by atoms with Crippen LogP contribution in [0.25, 0.3) is 21.8 Å². The summed E-state index contributed by atoms with van der Waals surface area (Å²) in [6.45, 7) is 0.737. The molecule has 12 nitrogen and oxygen atoms in total. The molecule has 0 radical (unpaired) electrons. The van der Waals surface area contributed by atoms with Crippen molar-refractivity contribution in [1.82, 2.24) is 12.8 Å². The van der Waals surface area contributed by atoms with Crippen LogP contribution in [0.1, 0.15) is 35.2 Å². The molecule has 56 heavy (non-hydrogen) atoms. The largest absolute Gasteiger partial charge is 0.496 e. The highest BCUT2D eigenvalue weighted by Gasteiger charge is 2.38. The minimum Gasteiger partial charge on any atom is -0.496 e. The van der Waals surface area contributed by atoms with E-state index < -0.39 is 32.2 Å². The van der Waals surface area contributed by atoms with Gasteiger partial charge in [-0.05, 0) is 80.6 Å². The van der Waals surface area contributed by atoms with Gasteiger partial charge in [-0.2, -0.15) is 13.2 Å². The van der Waals surface area contributed by atoms with E-state index >= 15 is 0 Å². The molecule has 296 valence electrons. The topological polar surface area (TPSA) is 154 Å². The van der Waals surface area contributed by atoms with Gasteiger partial charge in [-0.1, -0.05) is 42.8 Å². The first-order valence-corrected chi connectivity index (χ1v) is 19.9. The molecule has 0 spiro atoms. The number of carbonyl (C=O) groups is 2. The Kier molecular flexibility index (Phi) is 12.6. The van der Waals surface area contributed by atoms with Crippen molar-refractivity contribution in [3.63, 3.8) is 0 Å². The summed E-state index contributed by atoms with van der Waals surface area (Å²) in [6.07, 6.45) is 2.39. The number of hydrogen-bond acceptors (Lipinski definition) is 9. The van der Waals surface area contributed by atoms with Gasteiger partial charge in [0.1, 0.15) is 11.5 Å². The second kappa shape index (κ2) is 17.0. The number of alkyl halides is 3. The van der Waals surface area contributed by atoms with Crippen LogP contribution >= 0.6 is 0 Å². The number of aldehydes is 1. The molecule has 1 N–H and O–H groups in total. The summed E-state index contributed by atoms with van der Waals surface area (Å²) in [7, 11) is -2.09. The fourth-order valence-corrected chi connectivity index (χ4v) is 8.85. The van der Waals surface area contributed by atoms with E-state index in [1.807, 2.05) is 24.3 Å². The fourth-order valence-electron chi connectivity index (χ4n) is 6.12. The molecule has 0 bridgehead atoms. The Morgan fingerprint density at radius 2 is 1.21 bits per heavy atom. The number of carbonyl (C=O) groups excluding carboxylic acids is 1. The van der Waals surface area contributed by atoms with Gasteiger partial charge >= 0.3 is 12.1 Å². The van der Waals surface area contributed by atoms with E-state index in [1.165, 1.54) is 52.6 Å². The number of nitrogens with zero attached hydrogens (tertiary/aromatic N) is 3. The predicted molar refractivity (Wildman–Crippen MR) is 203 cm³/mol. The lowest BCUT2D eigenvalue weighted by atomic mass is 9.91. The van der Waals surface area contributed by atoms with E-state index in [-0.39, 0.29) is 9.79 Å². The molecule has 2 heterocycles. The maximum Gasteiger partial charge on any atom is 0.490 e. The molecule has 2 aromatic heterocycles. The van der Waals surface area contributed by atoms with E-state index in [1.54, 1.807) is 74.0 Å². The number of benzene rings is 4. The molecule has 1 fully saturated rings. The summed E-state index contributed by atoms with van der Waals surface area (Å²) in [5.41, 5.74) is 2.48. The van der Waals surface area contributed by atoms with Crippen molar-refractivity contribution in [1.29, 1.82) is 0 Å². The smallest absolute Gasteiger partial charge is 0.490 e. The standard InChI is InChI=1S/C21H24N2O3S.C16H13NO4S.C2HF3O2/c1-22(16-7-6-8-16)15-19-18-13-14-23(20(18)11-12-21(19)26-2)27(24,25)17-9-4-3-5-10-17;1-21-16-8-7-15-13(14(16)11-18)9-10-17(15)22(19,20)12-5-3-2-4-6-12;3-2(4,5)1(6)7/h3-5,9-14,16H,6-8,15H2,1-2H3;2-11H,1H3;(H,6,7). The minimum absolute atomic E-state index is 0.191. The summed E-state index contributed by atoms with van der Waals surface area (Å²) in [5.74, 6) is -1.55. The van der Waals surface area contributed by atoms with Crippen molar-refractivity contribution in [2.24, 2.45) is 0 Å². The molecule has 0 amide bonds. The summed E-state index contributed by atoms with van der Waals surface area (Å²) in [6, 6.07) is 27.6. The van der Waals surface area contributed by atoms with E-state index in [9.17, 15) is 34.8 Å². The molecule has 7 rings (SSSR count). The van der Waals surface area contributed by atoms with Gasteiger partial charge in [0.15, 0.2) is 6.29 Å². The number of methoxy groups -OCH3 is 2. The zero-order valence-corrected chi connectivity index (χ0v) is 32.0. The molecule has 17 heteroatoms. The first-order chi connectivity index (χ1) is 26.6. The van der Waals surface area contributed by atoms with Gasteiger partial charge in [-0.25, -0.2) is 29.6 Å². The third-order valence-electron chi connectivity index (χ3n) is 9.25. The van der Waals surface area contributed by atoms with Gasteiger partial charge in [0.05, 0.1) is 40.6 Å². The summed E-state index contributed by atoms with van der Waals surface area (Å²) in [5, 5.41) is 8.58. The molecule has 0 aliphatic heterocycles. The number of halogens is 3. The Balaban J connectivity index is 0.000000186. The molecule has 1 aliphatic carbocycles. The summed E-state index contributed by atoms with van der Waals surface area (Å²) < 4.78 is 96.6. The van der Waals surface area contributed by atoms with E-state index in [0.29, 0.717) is 40.1 Å². The van der Waals surface area contributed by atoms with Crippen molar-refractivity contribution in [3.05, 3.63) is 121 Å². The van der Waals surface area contributed by atoms with Crippen molar-refractivity contribution >= 4 is 54.1 Å². The number of aromatic nitrogens is 2. The fraction of sp³-hybridized carbons (Fsp3) is 0.231. The number of aliphatic carboxylic acids is 1. The lowest BCUT2D eigenvalue weighted by Gasteiger charge is -2.35. The lowest BCUT2D eigenvalue weighted by Crippen LogP contribution is -2.36. The van der Waals surface area contributed by atoms with Crippen LogP contribution in [0.3, 0.4) is 0 Å². The van der Waals surface area contributed by atoms with Crippen molar-refractivity contribution in [2.45, 2.75) is 47.8 Å². The SMILES string of the molecule is COc1ccc2c(ccn2S(=O)(=O)c2ccccc2)c1C=O.COc1ccc2c(ccn2S(=O)(=O)c2ccccc2)c1CN(C)C1CCC1.O=C(O)C(F)(F)F. The Morgan fingerprint density at radius 3 is 1.62 bits per heavy atom. The van der Waals surface area contributed by atoms with Crippen LogP contribution in [0.2, 0.25) is 0 Å². The third kappa shape index (κ3) is 8.59. The number of rotatable bonds is 10. The highest BCUT2D eigenvalue weighted by atomic mass is 32.2. The van der Waals surface area contributed by atoms with E-state index in [2.05, 4.69) is 11.9 Å². The first kappa shape index (κ1) is 41.5. The molecule has 0 saturated heterocycles. The Labute approximate surface area is 321 Å². The molecular weight excluding hydrogens is 776 g/mol. The quantitative estimate of drug-likeness (QED) is 0.141. The van der Waals surface area contributed by atoms with Gasteiger partial charge in [0.25, 0.3) is 20.0 Å². The van der Waals surface area contributed by atoms with Crippen LogP contribution < -0.4 is 9.47 Å². The van der Waals surface area contributed by atoms with Crippen LogP contribution in [-0.4, -0.2) is 80.5 Å². The summed E-state index contributed by atoms with van der Waals surface area (Å²) in [4.78, 5) is 23.0. The molecule has 0 unspecified atom stereocenters. The van der Waals surface area contributed by atoms with Crippen LogP contribution in [0.4, 0.5) is 13.2 Å². The van der Waals surface area contributed by atoms with Crippen molar-refractivity contribution < 1.29 is 54.2 Å². The number of hydrogen-bond donors (Lipinski definition) is 1. The second-order valence-electron chi connectivity index (χ2n) is 12.6. The molecular formula is C39H38F3N3O9S2. The maximum atomic E-state index is 13.1. The van der Waals surface area contributed by atoms with Crippen LogP contribution in [0, 0.1) is 0 Å². The Bertz CT molecular complexity index is 2550. The van der Waals surface area contributed by atoms with Gasteiger partial charge in [0.2, 0.25) is 0 Å². The lowest BCUT2D eigenvalue weighted by molar-refractivity contribution is -0.192. The molecule has 4 aromatic carbocycles. The third-order valence-corrected chi connectivity index (χ3v) is 12.7. The molecule has 0 atom stereocenters. The zero-order chi connectivity index (χ0) is 40.8. The molecule has 1 aliphatic rings. The number of carboxylic acids is 1. The van der Waals surface area contributed by atoms with Gasteiger partial charge in [-0.3, -0.25) is 9.69 Å². The first-order valence-electron chi connectivity index (χ1n) is 17.0. The van der Waals surface area contributed by atoms with Gasteiger partial charge < -0.3 is 14.6 Å². The van der Waals surface area contributed by atoms with Crippen LogP contribution in [0.15, 0.2) is 119 Å². The normalized spacial score (nSPS) is 13.3. The average Bonchev–Trinajstić information content (AvgIpc) is 3.81. The van der Waals surface area contributed by atoms with Crippen LogP contribution in [-0.2, 0) is 31.4 Å². The second-order valence-corrected chi connectivity index (χ2v) is 16.2. The highest BCUT2D eigenvalue weighted by molar-refractivity contribution is 7.90. The van der Waals surface area contributed by atoms with Crippen LogP contribution in [0.5, 0.6) is 11.5 Å². The minimum atomic E-state index is -5.08. The van der Waals surface area contributed by atoms with Crippen molar-refractivity contribution in [3.8, 4) is 11.5 Å². The molecule has 6 aromatic rings. The zero-order valence-electron chi connectivity index (χ0n) is 30.4. The van der Waals surface area contributed by atoms with E-state index in [4.69, 9.17) is 19.4 Å². The number of fused-ring (bicyclic) bond motifs is 2. The predicted octanol–water partition coefficient (Wildman–Crippen LogP) is 7.20. The summed E-state index contributed by atoms with van der Waals surface area (Å²) >= 11 is 0. The van der Waals surface area contributed by atoms with Gasteiger partial charge in [-0.15, -0.1) is 0 Å². The van der Waals surface area contributed by atoms with Crippen molar-refractivity contribution in [2.75, 3.05) is 21.3 Å². The number of ether oxygens (including phenoxy) is 2. The molecule has 1 saturated carbocycles. The Morgan fingerprint density at radius 1 is 0.768 bits per heavy atom. The average molecular weight is 814 g/mol.